The summed E-state index contributed by atoms with van der Waals surface area (Å²) in [7, 11) is 1.57. The second-order valence-electron chi connectivity index (χ2n) is 5.26. The molecule has 4 N–H and O–H groups in total. The van der Waals surface area contributed by atoms with Crippen LogP contribution in [0, 0.1) is 11.3 Å². The van der Waals surface area contributed by atoms with Crippen LogP contribution in [0.3, 0.4) is 0 Å². The fourth-order valence-corrected chi connectivity index (χ4v) is 2.16. The van der Waals surface area contributed by atoms with Gasteiger partial charge in [-0.25, -0.2) is 0 Å². The van der Waals surface area contributed by atoms with Gasteiger partial charge in [0.2, 0.25) is 0 Å². The SMILES string of the molecule is COc1ccc(NC(=O)/C(C#N)=C\NCc2cccc(CN)c2)cc1. The average molecular weight is 336 g/mol. The molecule has 0 aliphatic rings. The highest BCUT2D eigenvalue weighted by molar-refractivity contribution is 6.06. The number of methoxy groups -OCH3 is 1. The number of hydrogen-bond donors (Lipinski definition) is 3. The standard InChI is InChI=1S/C19H20N4O2/c1-25-18-7-5-17(6-8-18)23-19(24)16(11-21)13-22-12-15-4-2-3-14(9-15)10-20/h2-9,13,22H,10,12,20H2,1H3,(H,23,24)/b16-13-. The highest BCUT2D eigenvalue weighted by Crippen LogP contribution is 2.15. The van der Waals surface area contributed by atoms with Gasteiger partial charge in [0.1, 0.15) is 17.4 Å². The molecular weight excluding hydrogens is 316 g/mol. The zero-order chi connectivity index (χ0) is 18.1. The van der Waals surface area contributed by atoms with E-state index in [1.165, 1.54) is 6.20 Å². The molecule has 0 aliphatic heterocycles. The van der Waals surface area contributed by atoms with Gasteiger partial charge in [-0.15, -0.1) is 0 Å². The highest BCUT2D eigenvalue weighted by atomic mass is 16.5. The van der Waals surface area contributed by atoms with Crippen molar-refractivity contribution in [1.82, 2.24) is 5.32 Å². The lowest BCUT2D eigenvalue weighted by Gasteiger charge is -2.07. The van der Waals surface area contributed by atoms with E-state index in [4.69, 9.17) is 10.5 Å². The first kappa shape index (κ1) is 18.0. The summed E-state index contributed by atoms with van der Waals surface area (Å²) in [6, 6.07) is 16.6. The van der Waals surface area contributed by atoms with Crippen molar-refractivity contribution < 1.29 is 9.53 Å². The normalized spacial score (nSPS) is 10.7. The Morgan fingerprint density at radius 2 is 1.96 bits per heavy atom. The molecule has 6 nitrogen and oxygen atoms in total. The smallest absolute Gasteiger partial charge is 0.267 e. The van der Waals surface area contributed by atoms with Crippen molar-refractivity contribution in [3.63, 3.8) is 0 Å². The van der Waals surface area contributed by atoms with Crippen LogP contribution in [0.4, 0.5) is 5.69 Å². The molecule has 0 fully saturated rings. The van der Waals surface area contributed by atoms with Gasteiger partial charge >= 0.3 is 0 Å². The van der Waals surface area contributed by atoms with Crippen LogP contribution in [0.5, 0.6) is 5.75 Å². The average Bonchev–Trinajstić information content (AvgIpc) is 2.66. The van der Waals surface area contributed by atoms with Crippen molar-refractivity contribution in [2.75, 3.05) is 12.4 Å². The number of anilines is 1. The molecule has 0 heterocycles. The summed E-state index contributed by atoms with van der Waals surface area (Å²) in [5.41, 5.74) is 8.24. The molecule has 0 aliphatic carbocycles. The number of nitrogens with zero attached hydrogens (tertiary/aromatic N) is 1. The Hall–Kier alpha value is -3.30. The fourth-order valence-electron chi connectivity index (χ4n) is 2.16. The van der Waals surface area contributed by atoms with Crippen LogP contribution in [0.15, 0.2) is 60.3 Å². The molecule has 0 radical (unpaired) electrons. The molecule has 0 bridgehead atoms. The molecule has 128 valence electrons. The summed E-state index contributed by atoms with van der Waals surface area (Å²) in [5.74, 6) is 0.214. The Balaban J connectivity index is 1.96. The van der Waals surface area contributed by atoms with Gasteiger partial charge in [-0.1, -0.05) is 24.3 Å². The van der Waals surface area contributed by atoms with Gasteiger partial charge in [0.25, 0.3) is 5.91 Å². The monoisotopic (exact) mass is 336 g/mol. The number of nitrogens with one attached hydrogen (secondary N) is 2. The van der Waals surface area contributed by atoms with Gasteiger partial charge in [-0.2, -0.15) is 5.26 Å². The molecule has 2 aromatic rings. The van der Waals surface area contributed by atoms with Gasteiger partial charge in [0, 0.05) is 25.0 Å². The number of rotatable bonds is 7. The predicted octanol–water partition coefficient (Wildman–Crippen LogP) is 2.29. The molecule has 0 unspecified atom stereocenters. The van der Waals surface area contributed by atoms with E-state index < -0.39 is 5.91 Å². The van der Waals surface area contributed by atoms with E-state index >= 15 is 0 Å². The second-order valence-corrected chi connectivity index (χ2v) is 5.26. The number of hydrogen-bond acceptors (Lipinski definition) is 5. The molecule has 25 heavy (non-hydrogen) atoms. The maximum absolute atomic E-state index is 12.2. The highest BCUT2D eigenvalue weighted by Gasteiger charge is 2.09. The van der Waals surface area contributed by atoms with Crippen molar-refractivity contribution in [3.05, 3.63) is 71.4 Å². The summed E-state index contributed by atoms with van der Waals surface area (Å²) in [6.07, 6.45) is 1.41. The Labute approximate surface area is 146 Å². The minimum absolute atomic E-state index is 0.00852. The molecule has 0 spiro atoms. The van der Waals surface area contributed by atoms with E-state index in [9.17, 15) is 10.1 Å². The number of nitriles is 1. The van der Waals surface area contributed by atoms with Crippen molar-refractivity contribution in [3.8, 4) is 11.8 Å². The van der Waals surface area contributed by atoms with Gasteiger partial charge in [0.05, 0.1) is 7.11 Å². The van der Waals surface area contributed by atoms with Gasteiger partial charge in [-0.05, 0) is 35.4 Å². The van der Waals surface area contributed by atoms with Crippen LogP contribution < -0.4 is 21.1 Å². The van der Waals surface area contributed by atoms with Gasteiger partial charge in [0.15, 0.2) is 0 Å². The summed E-state index contributed by atoms with van der Waals surface area (Å²) < 4.78 is 5.06. The van der Waals surface area contributed by atoms with Crippen molar-refractivity contribution in [1.29, 1.82) is 5.26 Å². The van der Waals surface area contributed by atoms with Crippen LogP contribution in [0.2, 0.25) is 0 Å². The summed E-state index contributed by atoms with van der Waals surface area (Å²) in [6.45, 7) is 0.965. The van der Waals surface area contributed by atoms with E-state index in [2.05, 4.69) is 10.6 Å². The minimum Gasteiger partial charge on any atom is -0.497 e. The van der Waals surface area contributed by atoms with Crippen LogP contribution >= 0.6 is 0 Å². The molecule has 2 rings (SSSR count). The molecule has 2 aromatic carbocycles. The third kappa shape index (κ3) is 5.37. The number of ether oxygens (including phenoxy) is 1. The van der Waals surface area contributed by atoms with E-state index in [0.717, 1.165) is 11.1 Å². The topological polar surface area (TPSA) is 100 Å². The number of carbonyl (C=O) groups is 1. The first-order valence-electron chi connectivity index (χ1n) is 7.73. The fraction of sp³-hybridized carbons (Fsp3) is 0.158. The lowest BCUT2D eigenvalue weighted by Crippen LogP contribution is -2.16. The van der Waals surface area contributed by atoms with Crippen LogP contribution in [0.25, 0.3) is 0 Å². The van der Waals surface area contributed by atoms with Gasteiger partial charge < -0.3 is 21.1 Å². The van der Waals surface area contributed by atoms with Gasteiger partial charge in [-0.3, -0.25) is 4.79 Å². The zero-order valence-electron chi connectivity index (χ0n) is 14.0. The molecule has 1 amide bonds. The predicted molar refractivity (Wildman–Crippen MR) is 96.5 cm³/mol. The van der Waals surface area contributed by atoms with E-state index in [0.29, 0.717) is 24.5 Å². The van der Waals surface area contributed by atoms with Crippen LogP contribution in [0.1, 0.15) is 11.1 Å². The first-order chi connectivity index (χ1) is 12.2. The molecule has 0 saturated carbocycles. The number of amides is 1. The third-order valence-corrected chi connectivity index (χ3v) is 3.49. The molecule has 0 aromatic heterocycles. The van der Waals surface area contributed by atoms with E-state index in [-0.39, 0.29) is 5.57 Å². The van der Waals surface area contributed by atoms with E-state index in [1.807, 2.05) is 30.3 Å². The number of nitrogens with two attached hydrogens (primary N) is 1. The summed E-state index contributed by atoms with van der Waals surface area (Å²) >= 11 is 0. The third-order valence-electron chi connectivity index (χ3n) is 3.49. The Morgan fingerprint density at radius 3 is 2.60 bits per heavy atom. The van der Waals surface area contributed by atoms with Crippen LogP contribution in [-0.2, 0) is 17.9 Å². The van der Waals surface area contributed by atoms with E-state index in [1.54, 1.807) is 31.4 Å². The summed E-state index contributed by atoms with van der Waals surface area (Å²) in [5, 5.41) is 14.8. The molecule has 6 heteroatoms. The minimum atomic E-state index is -0.476. The number of carbonyl (C=O) groups excluding carboxylic acids is 1. The molecule has 0 saturated heterocycles. The first-order valence-corrected chi connectivity index (χ1v) is 7.73. The molecule has 0 atom stereocenters. The lowest BCUT2D eigenvalue weighted by molar-refractivity contribution is -0.112. The van der Waals surface area contributed by atoms with Crippen LogP contribution in [-0.4, -0.2) is 13.0 Å². The van der Waals surface area contributed by atoms with Crippen molar-refractivity contribution in [2.45, 2.75) is 13.1 Å². The summed E-state index contributed by atoms with van der Waals surface area (Å²) in [4.78, 5) is 12.2. The van der Waals surface area contributed by atoms with Crippen molar-refractivity contribution >= 4 is 11.6 Å². The molecular formula is C19H20N4O2. The number of benzene rings is 2. The Morgan fingerprint density at radius 1 is 1.24 bits per heavy atom. The lowest BCUT2D eigenvalue weighted by atomic mass is 10.1. The largest absolute Gasteiger partial charge is 0.497 e. The Bertz CT molecular complexity index is 792. The quantitative estimate of drug-likeness (QED) is 0.532. The second kappa shape index (κ2) is 9.11. The maximum atomic E-state index is 12.2. The maximum Gasteiger partial charge on any atom is 0.267 e. The van der Waals surface area contributed by atoms with Crippen molar-refractivity contribution in [2.24, 2.45) is 5.73 Å². The Kier molecular flexibility index (Phi) is 6.57. The zero-order valence-corrected chi connectivity index (χ0v) is 14.0.